The Morgan fingerprint density at radius 3 is 2.50 bits per heavy atom. The molecule has 24 heavy (non-hydrogen) atoms. The van der Waals surface area contributed by atoms with Crippen LogP contribution in [0.15, 0.2) is 53.1 Å². The van der Waals surface area contributed by atoms with Crippen molar-refractivity contribution < 1.29 is 14.2 Å². The summed E-state index contributed by atoms with van der Waals surface area (Å²) in [7, 11) is 0. The maximum Gasteiger partial charge on any atom is 0.269 e. The van der Waals surface area contributed by atoms with Crippen LogP contribution in [0.2, 0.25) is 5.02 Å². The second kappa shape index (κ2) is 7.10. The first-order chi connectivity index (χ1) is 11.6. The van der Waals surface area contributed by atoms with Crippen molar-refractivity contribution in [2.75, 3.05) is 0 Å². The second-order valence-corrected chi connectivity index (χ2v) is 5.38. The van der Waals surface area contributed by atoms with Gasteiger partial charge in [-0.05, 0) is 29.8 Å². The summed E-state index contributed by atoms with van der Waals surface area (Å²) in [4.78, 5) is 14.4. The molecule has 0 aliphatic carbocycles. The maximum atomic E-state index is 10.6. The van der Waals surface area contributed by atoms with Crippen molar-refractivity contribution in [3.05, 3.63) is 80.9 Å². The number of hydrogen-bond acceptors (Lipinski definition) is 6. The fourth-order valence-corrected chi connectivity index (χ4v) is 2.14. The number of nitro groups is 1. The highest BCUT2D eigenvalue weighted by Gasteiger charge is 2.10. The van der Waals surface area contributed by atoms with Crippen LogP contribution in [-0.2, 0) is 13.0 Å². The Hall–Kier alpha value is -2.93. The third kappa shape index (κ3) is 4.08. The molecular weight excluding hydrogens is 334 g/mol. The van der Waals surface area contributed by atoms with E-state index in [9.17, 15) is 10.1 Å². The third-order valence-corrected chi connectivity index (χ3v) is 3.45. The van der Waals surface area contributed by atoms with E-state index in [1.165, 1.54) is 12.1 Å². The van der Waals surface area contributed by atoms with Crippen LogP contribution in [0.25, 0.3) is 0 Å². The normalized spacial score (nSPS) is 10.5. The minimum Gasteiger partial charge on any atom is -0.484 e. The standard InChI is InChI=1S/C16H12ClN3O4/c17-12-3-7-14(8-4-12)23-10-16-18-15(19-24-16)9-11-1-5-13(6-2-11)20(21)22/h1-8H,9-10H2. The van der Waals surface area contributed by atoms with E-state index in [4.69, 9.17) is 20.9 Å². The zero-order valence-corrected chi connectivity index (χ0v) is 13.1. The molecule has 0 N–H and O–H groups in total. The van der Waals surface area contributed by atoms with Gasteiger partial charge in [0.05, 0.1) is 4.92 Å². The lowest BCUT2D eigenvalue weighted by Gasteiger charge is -2.02. The molecule has 7 nitrogen and oxygen atoms in total. The van der Waals surface area contributed by atoms with E-state index in [0.29, 0.717) is 28.9 Å². The average molecular weight is 346 g/mol. The molecular formula is C16H12ClN3O4. The van der Waals surface area contributed by atoms with Crippen LogP contribution in [-0.4, -0.2) is 15.1 Å². The number of aromatic nitrogens is 2. The summed E-state index contributed by atoms with van der Waals surface area (Å²) in [5.41, 5.74) is 0.899. The van der Waals surface area contributed by atoms with Crippen molar-refractivity contribution in [2.45, 2.75) is 13.0 Å². The van der Waals surface area contributed by atoms with Crippen molar-refractivity contribution in [3.63, 3.8) is 0 Å². The van der Waals surface area contributed by atoms with Crippen molar-refractivity contribution in [3.8, 4) is 5.75 Å². The van der Waals surface area contributed by atoms with Crippen molar-refractivity contribution in [2.24, 2.45) is 0 Å². The molecule has 0 fully saturated rings. The summed E-state index contributed by atoms with van der Waals surface area (Å²) in [5.74, 6) is 1.48. The van der Waals surface area contributed by atoms with Gasteiger partial charge in [-0.3, -0.25) is 10.1 Å². The Morgan fingerprint density at radius 2 is 1.83 bits per heavy atom. The molecule has 3 aromatic rings. The largest absolute Gasteiger partial charge is 0.484 e. The SMILES string of the molecule is O=[N+]([O-])c1ccc(Cc2noc(COc3ccc(Cl)cc3)n2)cc1. The molecule has 2 aromatic carbocycles. The van der Waals surface area contributed by atoms with Crippen LogP contribution in [0.3, 0.4) is 0 Å². The Kier molecular flexibility index (Phi) is 4.72. The topological polar surface area (TPSA) is 91.3 Å². The van der Waals surface area contributed by atoms with Crippen LogP contribution >= 0.6 is 11.6 Å². The van der Waals surface area contributed by atoms with E-state index in [-0.39, 0.29) is 12.3 Å². The molecule has 1 heterocycles. The lowest BCUT2D eigenvalue weighted by molar-refractivity contribution is -0.384. The van der Waals surface area contributed by atoms with E-state index in [1.54, 1.807) is 36.4 Å². The van der Waals surface area contributed by atoms with E-state index in [0.717, 1.165) is 5.56 Å². The number of hydrogen-bond donors (Lipinski definition) is 0. The lowest BCUT2D eigenvalue weighted by atomic mass is 10.1. The first-order valence-electron chi connectivity index (χ1n) is 7.03. The minimum atomic E-state index is -0.440. The highest BCUT2D eigenvalue weighted by atomic mass is 35.5. The summed E-state index contributed by atoms with van der Waals surface area (Å²) < 4.78 is 10.6. The van der Waals surface area contributed by atoms with Gasteiger partial charge in [-0.2, -0.15) is 4.98 Å². The smallest absolute Gasteiger partial charge is 0.269 e. The third-order valence-electron chi connectivity index (χ3n) is 3.20. The molecule has 0 atom stereocenters. The number of nitrogens with zero attached hydrogens (tertiary/aromatic N) is 3. The Balaban J connectivity index is 1.58. The van der Waals surface area contributed by atoms with Gasteiger partial charge >= 0.3 is 0 Å². The van der Waals surface area contributed by atoms with Gasteiger partial charge in [0.15, 0.2) is 12.4 Å². The average Bonchev–Trinajstić information content (AvgIpc) is 3.02. The number of halogens is 1. The number of ether oxygens (including phenoxy) is 1. The molecule has 0 bridgehead atoms. The number of nitro benzene ring substituents is 1. The van der Waals surface area contributed by atoms with Gasteiger partial charge in [-0.15, -0.1) is 0 Å². The van der Waals surface area contributed by atoms with Gasteiger partial charge in [0.25, 0.3) is 11.6 Å². The van der Waals surface area contributed by atoms with Crippen molar-refractivity contribution in [1.29, 1.82) is 0 Å². The van der Waals surface area contributed by atoms with Crippen molar-refractivity contribution >= 4 is 17.3 Å². The minimum absolute atomic E-state index is 0.0453. The Labute approximate surface area is 142 Å². The molecule has 122 valence electrons. The molecule has 1 aromatic heterocycles. The number of benzene rings is 2. The van der Waals surface area contributed by atoms with Crippen LogP contribution in [0.5, 0.6) is 5.75 Å². The van der Waals surface area contributed by atoms with E-state index in [1.807, 2.05) is 0 Å². The second-order valence-electron chi connectivity index (χ2n) is 4.95. The molecule has 0 saturated heterocycles. The molecule has 0 saturated carbocycles. The van der Waals surface area contributed by atoms with Gasteiger partial charge in [-0.25, -0.2) is 0 Å². The number of non-ortho nitro benzene ring substituents is 1. The summed E-state index contributed by atoms with van der Waals surface area (Å²) in [6, 6.07) is 13.2. The Morgan fingerprint density at radius 1 is 1.12 bits per heavy atom. The lowest BCUT2D eigenvalue weighted by Crippen LogP contribution is -1.97. The maximum absolute atomic E-state index is 10.6. The monoisotopic (exact) mass is 345 g/mol. The number of rotatable bonds is 6. The highest BCUT2D eigenvalue weighted by Crippen LogP contribution is 2.17. The fraction of sp³-hybridized carbons (Fsp3) is 0.125. The van der Waals surface area contributed by atoms with Gasteiger partial charge in [-0.1, -0.05) is 28.9 Å². The van der Waals surface area contributed by atoms with Gasteiger partial charge < -0.3 is 9.26 Å². The van der Waals surface area contributed by atoms with Crippen LogP contribution < -0.4 is 4.74 Å². The molecule has 0 spiro atoms. The summed E-state index contributed by atoms with van der Waals surface area (Å²) in [5, 5.41) is 15.1. The fourth-order valence-electron chi connectivity index (χ4n) is 2.01. The predicted molar refractivity (Wildman–Crippen MR) is 86.0 cm³/mol. The summed E-state index contributed by atoms with van der Waals surface area (Å²) >= 11 is 5.80. The summed E-state index contributed by atoms with van der Waals surface area (Å²) in [6.45, 7) is 0.148. The molecule has 3 rings (SSSR count). The molecule has 0 aliphatic heterocycles. The first kappa shape index (κ1) is 15.9. The van der Waals surface area contributed by atoms with Gasteiger partial charge in [0, 0.05) is 23.6 Å². The molecule has 0 unspecified atom stereocenters. The molecule has 0 amide bonds. The van der Waals surface area contributed by atoms with Crippen LogP contribution in [0.1, 0.15) is 17.3 Å². The van der Waals surface area contributed by atoms with Crippen molar-refractivity contribution in [1.82, 2.24) is 10.1 Å². The van der Waals surface area contributed by atoms with Crippen LogP contribution in [0, 0.1) is 10.1 Å². The zero-order chi connectivity index (χ0) is 16.9. The zero-order valence-electron chi connectivity index (χ0n) is 12.4. The Bertz CT molecular complexity index is 831. The van der Waals surface area contributed by atoms with E-state index >= 15 is 0 Å². The highest BCUT2D eigenvalue weighted by molar-refractivity contribution is 6.30. The van der Waals surface area contributed by atoms with E-state index < -0.39 is 4.92 Å². The first-order valence-corrected chi connectivity index (χ1v) is 7.41. The van der Waals surface area contributed by atoms with Gasteiger partial charge in [0.1, 0.15) is 5.75 Å². The van der Waals surface area contributed by atoms with Crippen LogP contribution in [0.4, 0.5) is 5.69 Å². The van der Waals surface area contributed by atoms with Gasteiger partial charge in [0.2, 0.25) is 0 Å². The summed E-state index contributed by atoms with van der Waals surface area (Å²) in [6.07, 6.45) is 0.419. The molecule has 0 radical (unpaired) electrons. The quantitative estimate of drug-likeness (QED) is 0.498. The molecule has 8 heteroatoms. The van der Waals surface area contributed by atoms with E-state index in [2.05, 4.69) is 10.1 Å². The molecule has 0 aliphatic rings. The predicted octanol–water partition coefficient (Wildman–Crippen LogP) is 3.80.